The number of hydrogen-bond acceptors (Lipinski definition) is 4. The van der Waals surface area contributed by atoms with Crippen LogP contribution in [-0.2, 0) is 4.79 Å². The molecule has 1 atom stereocenters. The maximum atomic E-state index is 13.7. The molecule has 1 amide bonds. The fourth-order valence-electron chi connectivity index (χ4n) is 3.49. The van der Waals surface area contributed by atoms with Crippen molar-refractivity contribution in [3.8, 4) is 5.75 Å². The van der Waals surface area contributed by atoms with E-state index in [-0.39, 0.29) is 17.7 Å². The number of halogens is 2. The van der Waals surface area contributed by atoms with Crippen molar-refractivity contribution in [2.75, 3.05) is 13.1 Å². The van der Waals surface area contributed by atoms with Crippen molar-refractivity contribution in [3.05, 3.63) is 53.1 Å². The van der Waals surface area contributed by atoms with Crippen molar-refractivity contribution >= 4 is 5.91 Å². The molecular formula is C19H23F2N3O2. The Morgan fingerprint density at radius 1 is 1.19 bits per heavy atom. The number of carbonyl (C=O) groups excluding carboxylic acids is 1. The Hall–Kier alpha value is -2.57. The standard InChI is InChI=1S/C19H23F2N3O2/c20-14-7-4-8-15(21)18(14)26-16(22)11-12-5-3-6-13(17(12)23)19(25)24-9-1-2-10-24/h4,7-8,11,13H,1-3,5-6,9-10,22-23H2/b16-11+. The lowest BCUT2D eigenvalue weighted by molar-refractivity contribution is -0.133. The lowest BCUT2D eigenvalue weighted by atomic mass is 9.86. The van der Waals surface area contributed by atoms with Gasteiger partial charge in [0.1, 0.15) is 0 Å². The summed E-state index contributed by atoms with van der Waals surface area (Å²) in [4.78, 5) is 14.5. The molecule has 1 heterocycles. The van der Waals surface area contributed by atoms with Gasteiger partial charge in [0.2, 0.25) is 11.7 Å². The predicted molar refractivity (Wildman–Crippen MR) is 93.6 cm³/mol. The number of para-hydroxylation sites is 1. The molecule has 2 aliphatic rings. The first-order valence-electron chi connectivity index (χ1n) is 8.83. The number of amides is 1. The molecule has 1 unspecified atom stereocenters. The van der Waals surface area contributed by atoms with E-state index >= 15 is 0 Å². The highest BCUT2D eigenvalue weighted by Gasteiger charge is 2.31. The zero-order valence-corrected chi connectivity index (χ0v) is 14.5. The maximum Gasteiger partial charge on any atom is 0.231 e. The fourth-order valence-corrected chi connectivity index (χ4v) is 3.49. The first-order chi connectivity index (χ1) is 12.5. The summed E-state index contributed by atoms with van der Waals surface area (Å²) in [6, 6.07) is 3.42. The number of rotatable bonds is 4. The van der Waals surface area contributed by atoms with E-state index in [1.165, 1.54) is 12.1 Å². The van der Waals surface area contributed by atoms with E-state index in [1.54, 1.807) is 0 Å². The van der Waals surface area contributed by atoms with E-state index in [1.807, 2.05) is 4.90 Å². The molecular weight excluding hydrogens is 340 g/mol. The highest BCUT2D eigenvalue weighted by Crippen LogP contribution is 2.31. The monoisotopic (exact) mass is 363 g/mol. The summed E-state index contributed by atoms with van der Waals surface area (Å²) in [6.45, 7) is 1.54. The molecule has 1 aromatic rings. The minimum atomic E-state index is -0.839. The Kier molecular flexibility index (Phi) is 5.44. The van der Waals surface area contributed by atoms with Crippen molar-refractivity contribution in [2.24, 2.45) is 17.4 Å². The second-order valence-corrected chi connectivity index (χ2v) is 6.66. The van der Waals surface area contributed by atoms with Crippen LogP contribution in [0.3, 0.4) is 0 Å². The predicted octanol–water partition coefficient (Wildman–Crippen LogP) is 2.78. The van der Waals surface area contributed by atoms with Crippen LogP contribution in [0.15, 0.2) is 41.4 Å². The average molecular weight is 363 g/mol. The second-order valence-electron chi connectivity index (χ2n) is 6.66. The third-order valence-corrected chi connectivity index (χ3v) is 4.86. The molecule has 0 spiro atoms. The summed E-state index contributed by atoms with van der Waals surface area (Å²) in [5.41, 5.74) is 13.2. The molecule has 26 heavy (non-hydrogen) atoms. The highest BCUT2D eigenvalue weighted by atomic mass is 19.1. The Morgan fingerprint density at radius 3 is 2.50 bits per heavy atom. The fraction of sp³-hybridized carbons (Fsp3) is 0.421. The van der Waals surface area contributed by atoms with Crippen molar-refractivity contribution in [1.82, 2.24) is 4.90 Å². The molecule has 4 N–H and O–H groups in total. The van der Waals surface area contributed by atoms with Crippen molar-refractivity contribution in [3.63, 3.8) is 0 Å². The third-order valence-electron chi connectivity index (χ3n) is 4.86. The van der Waals surface area contributed by atoms with Crippen molar-refractivity contribution < 1.29 is 18.3 Å². The molecule has 5 nitrogen and oxygen atoms in total. The van der Waals surface area contributed by atoms with E-state index in [2.05, 4.69) is 0 Å². The van der Waals surface area contributed by atoms with Gasteiger partial charge in [-0.15, -0.1) is 0 Å². The first kappa shape index (κ1) is 18.2. The molecule has 1 aliphatic carbocycles. The normalized spacial score (nSPS) is 21.2. The van der Waals surface area contributed by atoms with Gasteiger partial charge >= 0.3 is 0 Å². The summed E-state index contributed by atoms with van der Waals surface area (Å²) >= 11 is 0. The zero-order valence-electron chi connectivity index (χ0n) is 14.5. The van der Waals surface area contributed by atoms with Crippen LogP contribution in [0.25, 0.3) is 0 Å². The van der Waals surface area contributed by atoms with Gasteiger partial charge in [0, 0.05) is 24.9 Å². The number of hydrogen-bond donors (Lipinski definition) is 2. The van der Waals surface area contributed by atoms with Crippen LogP contribution >= 0.6 is 0 Å². The van der Waals surface area contributed by atoms with Crippen LogP contribution in [0.1, 0.15) is 32.1 Å². The van der Waals surface area contributed by atoms with E-state index in [0.29, 0.717) is 24.1 Å². The minimum absolute atomic E-state index is 0.0465. The number of ether oxygens (including phenoxy) is 1. The topological polar surface area (TPSA) is 81.6 Å². The largest absolute Gasteiger partial charge is 0.435 e. The number of carbonyl (C=O) groups is 1. The second kappa shape index (κ2) is 7.76. The van der Waals surface area contributed by atoms with Gasteiger partial charge in [-0.2, -0.15) is 0 Å². The molecule has 7 heteroatoms. The number of allylic oxidation sites excluding steroid dienone is 2. The summed E-state index contributed by atoms with van der Waals surface area (Å²) < 4.78 is 32.5. The van der Waals surface area contributed by atoms with Gasteiger partial charge < -0.3 is 21.1 Å². The maximum absolute atomic E-state index is 13.7. The Bertz CT molecular complexity index is 735. The summed E-state index contributed by atoms with van der Waals surface area (Å²) in [7, 11) is 0. The lowest BCUT2D eigenvalue weighted by Gasteiger charge is -2.28. The van der Waals surface area contributed by atoms with Crippen LogP contribution in [0.2, 0.25) is 0 Å². The molecule has 0 bridgehead atoms. The van der Waals surface area contributed by atoms with Crippen LogP contribution in [0.5, 0.6) is 5.75 Å². The Morgan fingerprint density at radius 2 is 1.85 bits per heavy atom. The van der Waals surface area contributed by atoms with Crippen LogP contribution in [0, 0.1) is 17.6 Å². The Labute approximate surface area is 151 Å². The van der Waals surface area contributed by atoms with Gasteiger partial charge in [-0.3, -0.25) is 4.79 Å². The summed E-state index contributed by atoms with van der Waals surface area (Å²) in [5.74, 6) is -2.72. The molecule has 0 aromatic heterocycles. The van der Waals surface area contributed by atoms with Gasteiger partial charge in [-0.25, -0.2) is 8.78 Å². The van der Waals surface area contributed by atoms with Gasteiger partial charge in [0.15, 0.2) is 17.5 Å². The molecule has 1 aromatic carbocycles. The van der Waals surface area contributed by atoms with Crippen LogP contribution in [-0.4, -0.2) is 23.9 Å². The van der Waals surface area contributed by atoms with E-state index in [9.17, 15) is 13.6 Å². The third kappa shape index (κ3) is 3.81. The zero-order chi connectivity index (χ0) is 18.7. The summed E-state index contributed by atoms with van der Waals surface area (Å²) in [6.07, 6.45) is 5.62. The number of nitrogens with two attached hydrogens (primary N) is 2. The number of likely N-dealkylation sites (tertiary alicyclic amines) is 1. The highest BCUT2D eigenvalue weighted by molar-refractivity contribution is 5.82. The summed E-state index contributed by atoms with van der Waals surface area (Å²) in [5, 5.41) is 0. The van der Waals surface area contributed by atoms with Gasteiger partial charge in [-0.1, -0.05) is 6.07 Å². The van der Waals surface area contributed by atoms with E-state index in [0.717, 1.165) is 44.5 Å². The molecule has 0 saturated carbocycles. The van der Waals surface area contributed by atoms with Gasteiger partial charge in [0.25, 0.3) is 0 Å². The first-order valence-corrected chi connectivity index (χ1v) is 8.83. The molecule has 0 radical (unpaired) electrons. The van der Waals surface area contributed by atoms with Gasteiger partial charge in [0.05, 0.1) is 5.92 Å². The van der Waals surface area contributed by atoms with Crippen LogP contribution in [0.4, 0.5) is 8.78 Å². The molecule has 1 fully saturated rings. The SMILES string of the molecule is NC1=C(/C=C(\N)Oc2c(F)cccc2F)CCCC1C(=O)N1CCCC1. The number of benzene rings is 1. The number of nitrogens with zero attached hydrogens (tertiary/aromatic N) is 1. The van der Waals surface area contributed by atoms with Crippen LogP contribution < -0.4 is 16.2 Å². The minimum Gasteiger partial charge on any atom is -0.435 e. The average Bonchev–Trinajstić information content (AvgIpc) is 3.14. The molecule has 140 valence electrons. The van der Waals surface area contributed by atoms with E-state index in [4.69, 9.17) is 16.2 Å². The van der Waals surface area contributed by atoms with Crippen molar-refractivity contribution in [2.45, 2.75) is 32.1 Å². The molecule has 3 rings (SSSR count). The smallest absolute Gasteiger partial charge is 0.231 e. The quantitative estimate of drug-likeness (QED) is 0.806. The van der Waals surface area contributed by atoms with E-state index < -0.39 is 17.4 Å². The molecule has 1 saturated heterocycles. The van der Waals surface area contributed by atoms with Gasteiger partial charge in [-0.05, 0) is 49.8 Å². The van der Waals surface area contributed by atoms with Crippen molar-refractivity contribution in [1.29, 1.82) is 0 Å². The lowest BCUT2D eigenvalue weighted by Crippen LogP contribution is -2.37. The molecule has 1 aliphatic heterocycles. The Balaban J connectivity index is 1.79.